The molecule has 3 rings (SSSR count). The summed E-state index contributed by atoms with van der Waals surface area (Å²) in [5, 5.41) is 8.05. The Hall–Kier alpha value is -1.79. The van der Waals surface area contributed by atoms with E-state index in [0.29, 0.717) is 13.0 Å². The van der Waals surface area contributed by atoms with E-state index in [2.05, 4.69) is 22.3 Å². The summed E-state index contributed by atoms with van der Waals surface area (Å²) in [6, 6.07) is 7.26. The number of hydrogen-bond acceptors (Lipinski definition) is 4. The zero-order valence-corrected chi connectivity index (χ0v) is 13.6. The highest BCUT2D eigenvalue weighted by atomic mass is 19.1. The van der Waals surface area contributed by atoms with Gasteiger partial charge in [-0.25, -0.2) is 14.1 Å². The SMILES string of the molecule is COCc1nc2n(n1)CCCC2NC(C)Cc1ccccc1F. The van der Waals surface area contributed by atoms with E-state index in [4.69, 9.17) is 4.74 Å². The van der Waals surface area contributed by atoms with Crippen molar-refractivity contribution in [2.75, 3.05) is 7.11 Å². The summed E-state index contributed by atoms with van der Waals surface area (Å²) in [7, 11) is 1.65. The van der Waals surface area contributed by atoms with Crippen molar-refractivity contribution in [3.05, 3.63) is 47.3 Å². The van der Waals surface area contributed by atoms with Gasteiger partial charge in [0.2, 0.25) is 0 Å². The van der Waals surface area contributed by atoms with Gasteiger partial charge in [-0.05, 0) is 37.8 Å². The van der Waals surface area contributed by atoms with Crippen LogP contribution < -0.4 is 5.32 Å². The first-order valence-corrected chi connectivity index (χ1v) is 8.09. The van der Waals surface area contributed by atoms with Crippen LogP contribution in [0.15, 0.2) is 24.3 Å². The maximum Gasteiger partial charge on any atom is 0.176 e. The molecule has 0 bridgehead atoms. The Kier molecular flexibility index (Phi) is 5.03. The van der Waals surface area contributed by atoms with Gasteiger partial charge in [-0.2, -0.15) is 5.10 Å². The van der Waals surface area contributed by atoms with E-state index in [1.54, 1.807) is 13.2 Å². The van der Waals surface area contributed by atoms with Gasteiger partial charge in [0.1, 0.15) is 18.2 Å². The average molecular weight is 318 g/mol. The van der Waals surface area contributed by atoms with Gasteiger partial charge in [0.05, 0.1) is 6.04 Å². The molecule has 0 amide bonds. The van der Waals surface area contributed by atoms with Crippen molar-refractivity contribution in [2.45, 2.75) is 51.4 Å². The third kappa shape index (κ3) is 3.76. The predicted molar refractivity (Wildman–Crippen MR) is 85.4 cm³/mol. The molecule has 2 aromatic rings. The van der Waals surface area contributed by atoms with Crippen LogP contribution in [0.4, 0.5) is 4.39 Å². The molecule has 1 aliphatic rings. The second-order valence-corrected chi connectivity index (χ2v) is 6.10. The van der Waals surface area contributed by atoms with Gasteiger partial charge in [-0.3, -0.25) is 0 Å². The first kappa shape index (κ1) is 16.1. The summed E-state index contributed by atoms with van der Waals surface area (Å²) in [5.74, 6) is 1.54. The summed E-state index contributed by atoms with van der Waals surface area (Å²) in [6.45, 7) is 3.40. The molecule has 23 heavy (non-hydrogen) atoms. The molecule has 0 aliphatic carbocycles. The minimum absolute atomic E-state index is 0.143. The van der Waals surface area contributed by atoms with E-state index in [-0.39, 0.29) is 17.9 Å². The molecule has 2 atom stereocenters. The number of benzene rings is 1. The first-order valence-electron chi connectivity index (χ1n) is 8.09. The molecule has 0 saturated heterocycles. The van der Waals surface area contributed by atoms with E-state index in [9.17, 15) is 4.39 Å². The fourth-order valence-electron chi connectivity index (χ4n) is 3.14. The van der Waals surface area contributed by atoms with Gasteiger partial charge in [0.25, 0.3) is 0 Å². The molecule has 124 valence electrons. The van der Waals surface area contributed by atoms with Gasteiger partial charge in [-0.1, -0.05) is 18.2 Å². The fraction of sp³-hybridized carbons (Fsp3) is 0.529. The highest BCUT2D eigenvalue weighted by molar-refractivity contribution is 5.18. The Morgan fingerprint density at radius 3 is 3.04 bits per heavy atom. The van der Waals surface area contributed by atoms with Crippen LogP contribution in [-0.4, -0.2) is 27.9 Å². The Labute approximate surface area is 135 Å². The van der Waals surface area contributed by atoms with E-state index in [0.717, 1.165) is 36.6 Å². The topological polar surface area (TPSA) is 52.0 Å². The minimum atomic E-state index is -0.143. The van der Waals surface area contributed by atoms with Crippen molar-refractivity contribution in [1.29, 1.82) is 0 Å². The van der Waals surface area contributed by atoms with Gasteiger partial charge in [0.15, 0.2) is 5.82 Å². The van der Waals surface area contributed by atoms with Crippen LogP contribution in [0.3, 0.4) is 0 Å². The zero-order chi connectivity index (χ0) is 16.2. The van der Waals surface area contributed by atoms with Gasteiger partial charge in [0, 0.05) is 19.7 Å². The second-order valence-electron chi connectivity index (χ2n) is 6.10. The van der Waals surface area contributed by atoms with E-state index < -0.39 is 0 Å². The van der Waals surface area contributed by atoms with Crippen LogP contribution in [0.1, 0.15) is 43.0 Å². The van der Waals surface area contributed by atoms with Crippen molar-refractivity contribution in [2.24, 2.45) is 0 Å². The van der Waals surface area contributed by atoms with Gasteiger partial charge in [-0.15, -0.1) is 0 Å². The minimum Gasteiger partial charge on any atom is -0.377 e. The molecule has 0 saturated carbocycles. The highest BCUT2D eigenvalue weighted by Crippen LogP contribution is 2.24. The number of ether oxygens (including phenoxy) is 1. The van der Waals surface area contributed by atoms with Crippen molar-refractivity contribution < 1.29 is 9.13 Å². The molecule has 1 aliphatic heterocycles. The van der Waals surface area contributed by atoms with Gasteiger partial charge >= 0.3 is 0 Å². The number of rotatable bonds is 6. The lowest BCUT2D eigenvalue weighted by atomic mass is 10.0. The molecule has 6 heteroatoms. The average Bonchev–Trinajstić information content (AvgIpc) is 2.94. The number of methoxy groups -OCH3 is 1. The molecule has 1 aromatic carbocycles. The normalized spacial score (nSPS) is 18.7. The van der Waals surface area contributed by atoms with Gasteiger partial charge < -0.3 is 10.1 Å². The molecular formula is C17H23FN4O. The maximum absolute atomic E-state index is 13.8. The van der Waals surface area contributed by atoms with Crippen LogP contribution in [0.5, 0.6) is 0 Å². The number of aromatic nitrogens is 3. The molecule has 1 aromatic heterocycles. The quantitative estimate of drug-likeness (QED) is 0.889. The third-order valence-corrected chi connectivity index (χ3v) is 4.16. The van der Waals surface area contributed by atoms with Crippen molar-refractivity contribution in [3.63, 3.8) is 0 Å². The lowest BCUT2D eigenvalue weighted by Gasteiger charge is -2.26. The summed E-state index contributed by atoms with van der Waals surface area (Å²) < 4.78 is 20.9. The van der Waals surface area contributed by atoms with E-state index >= 15 is 0 Å². The zero-order valence-electron chi connectivity index (χ0n) is 13.6. The molecule has 0 fully saturated rings. The Balaban J connectivity index is 1.68. The van der Waals surface area contributed by atoms with Crippen molar-refractivity contribution in [1.82, 2.24) is 20.1 Å². The van der Waals surface area contributed by atoms with Crippen LogP contribution >= 0.6 is 0 Å². The molecule has 2 unspecified atom stereocenters. The van der Waals surface area contributed by atoms with E-state index in [1.165, 1.54) is 6.07 Å². The Bertz CT molecular complexity index is 658. The van der Waals surface area contributed by atoms with Crippen LogP contribution in [-0.2, 0) is 24.3 Å². The van der Waals surface area contributed by atoms with Crippen LogP contribution in [0.25, 0.3) is 0 Å². The number of fused-ring (bicyclic) bond motifs is 1. The third-order valence-electron chi connectivity index (χ3n) is 4.16. The maximum atomic E-state index is 13.8. The lowest BCUT2D eigenvalue weighted by Crippen LogP contribution is -2.36. The number of nitrogens with one attached hydrogen (secondary N) is 1. The molecule has 0 radical (unpaired) electrons. The largest absolute Gasteiger partial charge is 0.377 e. The first-order chi connectivity index (χ1) is 11.2. The lowest BCUT2D eigenvalue weighted by molar-refractivity contribution is 0.177. The molecule has 5 nitrogen and oxygen atoms in total. The Morgan fingerprint density at radius 1 is 1.43 bits per heavy atom. The number of nitrogens with zero attached hydrogens (tertiary/aromatic N) is 3. The van der Waals surface area contributed by atoms with Crippen molar-refractivity contribution in [3.8, 4) is 0 Å². The smallest absolute Gasteiger partial charge is 0.176 e. The summed E-state index contributed by atoms with van der Waals surface area (Å²) in [6.07, 6.45) is 2.74. The molecule has 0 spiro atoms. The second kappa shape index (κ2) is 7.19. The molecular weight excluding hydrogens is 295 g/mol. The van der Waals surface area contributed by atoms with Crippen LogP contribution in [0, 0.1) is 5.82 Å². The molecule has 1 N–H and O–H groups in total. The summed E-state index contributed by atoms with van der Waals surface area (Å²) in [4.78, 5) is 4.59. The van der Waals surface area contributed by atoms with E-state index in [1.807, 2.05) is 16.8 Å². The molecule has 2 heterocycles. The number of aryl methyl sites for hydroxylation is 1. The Morgan fingerprint density at radius 2 is 2.26 bits per heavy atom. The monoisotopic (exact) mass is 318 g/mol. The fourth-order valence-corrected chi connectivity index (χ4v) is 3.14. The van der Waals surface area contributed by atoms with Crippen molar-refractivity contribution >= 4 is 0 Å². The predicted octanol–water partition coefficient (Wildman–Crippen LogP) is 2.62. The number of hydrogen-bond donors (Lipinski definition) is 1. The standard InChI is InChI=1S/C17H23FN4O/c1-12(10-13-6-3-4-7-14(13)18)19-15-8-5-9-22-17(15)20-16(21-22)11-23-2/h3-4,6-7,12,15,19H,5,8-11H2,1-2H3. The van der Waals surface area contributed by atoms with Crippen LogP contribution in [0.2, 0.25) is 0 Å². The number of halogens is 1. The summed E-state index contributed by atoms with van der Waals surface area (Å²) in [5.41, 5.74) is 0.741. The summed E-state index contributed by atoms with van der Waals surface area (Å²) >= 11 is 0. The highest BCUT2D eigenvalue weighted by Gasteiger charge is 2.25.